The Morgan fingerprint density at radius 2 is 2.21 bits per heavy atom. The van der Waals surface area contributed by atoms with Crippen molar-refractivity contribution in [3.8, 4) is 0 Å². The molecule has 6 heteroatoms. The van der Waals surface area contributed by atoms with Crippen LogP contribution in [0.5, 0.6) is 0 Å². The van der Waals surface area contributed by atoms with Crippen LogP contribution in [-0.2, 0) is 14.3 Å². The van der Waals surface area contributed by atoms with Crippen LogP contribution in [0.4, 0.5) is 4.79 Å². The minimum Gasteiger partial charge on any atom is -0.379 e. The molecule has 1 aliphatic rings. The predicted octanol–water partition coefficient (Wildman–Crippen LogP) is -0.799. The van der Waals surface area contributed by atoms with E-state index in [1.165, 1.54) is 0 Å². The summed E-state index contributed by atoms with van der Waals surface area (Å²) < 4.78 is 9.22. The van der Waals surface area contributed by atoms with Gasteiger partial charge in [0.15, 0.2) is 0 Å². The second kappa shape index (κ2) is 6.33. The van der Waals surface area contributed by atoms with E-state index in [1.807, 2.05) is 0 Å². The van der Waals surface area contributed by atoms with E-state index in [9.17, 15) is 9.59 Å². The Morgan fingerprint density at radius 3 is 2.86 bits per heavy atom. The lowest BCUT2D eigenvalue weighted by Gasteiger charge is -2.26. The molecular formula is C8H14N2O4. The largest absolute Gasteiger partial charge is 0.414 e. The highest BCUT2D eigenvalue weighted by molar-refractivity contribution is 5.74. The molecule has 0 unspecified atom stereocenters. The van der Waals surface area contributed by atoms with Gasteiger partial charge < -0.3 is 14.8 Å². The van der Waals surface area contributed by atoms with Crippen LogP contribution in [0.25, 0.3) is 0 Å². The maximum absolute atomic E-state index is 10.7. The molecule has 1 saturated heterocycles. The smallest absolute Gasteiger partial charge is 0.379 e. The van der Waals surface area contributed by atoms with Crippen molar-refractivity contribution in [1.82, 2.24) is 10.2 Å². The van der Waals surface area contributed by atoms with Crippen LogP contribution in [0, 0.1) is 0 Å². The van der Waals surface area contributed by atoms with Crippen molar-refractivity contribution in [3.05, 3.63) is 0 Å². The standard InChI is InChI=1S/C8H14N2O4/c11-7-14-8(12)9-1-2-10-3-5-13-6-4-10/h7H,1-6H2,(H,9,12). The van der Waals surface area contributed by atoms with Crippen LogP contribution in [0.1, 0.15) is 0 Å². The summed E-state index contributed by atoms with van der Waals surface area (Å²) in [6.07, 6.45) is -0.701. The summed E-state index contributed by atoms with van der Waals surface area (Å²) in [5.41, 5.74) is 0. The van der Waals surface area contributed by atoms with Gasteiger partial charge in [0.2, 0.25) is 0 Å². The van der Waals surface area contributed by atoms with Gasteiger partial charge in [0.05, 0.1) is 13.2 Å². The predicted molar refractivity (Wildman–Crippen MR) is 47.8 cm³/mol. The molecule has 1 aliphatic heterocycles. The summed E-state index contributed by atoms with van der Waals surface area (Å²) in [5, 5.41) is 2.46. The highest BCUT2D eigenvalue weighted by Crippen LogP contribution is 1.94. The van der Waals surface area contributed by atoms with Gasteiger partial charge in [-0.25, -0.2) is 4.79 Å². The van der Waals surface area contributed by atoms with Gasteiger partial charge in [-0.05, 0) is 0 Å². The van der Waals surface area contributed by atoms with Gasteiger partial charge in [-0.15, -0.1) is 0 Å². The van der Waals surface area contributed by atoms with Crippen molar-refractivity contribution in [2.75, 3.05) is 39.4 Å². The Labute approximate surface area is 82.1 Å². The molecule has 1 N–H and O–H groups in total. The molecular weight excluding hydrogens is 188 g/mol. The van der Waals surface area contributed by atoms with Gasteiger partial charge in [0.1, 0.15) is 0 Å². The minimum absolute atomic E-state index is 0.115. The van der Waals surface area contributed by atoms with Gasteiger partial charge in [-0.2, -0.15) is 0 Å². The number of nitrogens with zero attached hydrogens (tertiary/aromatic N) is 1. The molecule has 0 aliphatic carbocycles. The molecule has 0 spiro atoms. The van der Waals surface area contributed by atoms with Crippen molar-refractivity contribution in [2.24, 2.45) is 0 Å². The van der Waals surface area contributed by atoms with Crippen molar-refractivity contribution in [1.29, 1.82) is 0 Å². The van der Waals surface area contributed by atoms with Gasteiger partial charge in [-0.1, -0.05) is 0 Å². The van der Waals surface area contributed by atoms with Crippen LogP contribution in [-0.4, -0.2) is 56.9 Å². The normalized spacial score (nSPS) is 17.4. The van der Waals surface area contributed by atoms with E-state index < -0.39 is 6.09 Å². The number of carbonyl (C=O) groups is 2. The maximum atomic E-state index is 10.7. The fourth-order valence-electron chi connectivity index (χ4n) is 1.23. The van der Waals surface area contributed by atoms with Crippen LogP contribution >= 0.6 is 0 Å². The van der Waals surface area contributed by atoms with Gasteiger partial charge >= 0.3 is 12.6 Å². The third-order valence-electron chi connectivity index (χ3n) is 1.96. The summed E-state index contributed by atoms with van der Waals surface area (Å²) in [4.78, 5) is 22.6. The number of amides is 1. The Morgan fingerprint density at radius 1 is 1.50 bits per heavy atom. The van der Waals surface area contributed by atoms with Crippen LogP contribution in [0.2, 0.25) is 0 Å². The number of alkyl carbamates (subject to hydrolysis) is 1. The van der Waals surface area contributed by atoms with Crippen LogP contribution in [0.15, 0.2) is 0 Å². The molecule has 1 heterocycles. The SMILES string of the molecule is O=COC(=O)NCCN1CCOCC1. The zero-order chi connectivity index (χ0) is 10.2. The third-order valence-corrected chi connectivity index (χ3v) is 1.96. The maximum Gasteiger partial charge on any atom is 0.414 e. The first-order valence-electron chi connectivity index (χ1n) is 4.51. The molecule has 0 bridgehead atoms. The monoisotopic (exact) mass is 202 g/mol. The van der Waals surface area contributed by atoms with E-state index in [1.54, 1.807) is 0 Å². The fourth-order valence-corrected chi connectivity index (χ4v) is 1.23. The molecule has 1 fully saturated rings. The molecule has 1 rings (SSSR count). The van der Waals surface area contributed by atoms with E-state index in [0.29, 0.717) is 6.54 Å². The first-order chi connectivity index (χ1) is 6.83. The van der Waals surface area contributed by atoms with E-state index in [4.69, 9.17) is 4.74 Å². The molecule has 80 valence electrons. The molecule has 0 aromatic carbocycles. The van der Waals surface area contributed by atoms with Crippen molar-refractivity contribution in [2.45, 2.75) is 0 Å². The minimum atomic E-state index is -0.701. The molecule has 0 saturated carbocycles. The number of morpholine rings is 1. The Balaban J connectivity index is 2.02. The lowest BCUT2D eigenvalue weighted by molar-refractivity contribution is -0.123. The van der Waals surface area contributed by atoms with Gasteiger partial charge in [0.25, 0.3) is 0 Å². The molecule has 6 nitrogen and oxygen atoms in total. The highest BCUT2D eigenvalue weighted by atomic mass is 16.6. The highest BCUT2D eigenvalue weighted by Gasteiger charge is 2.09. The number of hydrogen-bond donors (Lipinski definition) is 1. The average molecular weight is 202 g/mol. The summed E-state index contributed by atoms with van der Waals surface area (Å²) >= 11 is 0. The van der Waals surface area contributed by atoms with Crippen molar-refractivity contribution in [3.63, 3.8) is 0 Å². The van der Waals surface area contributed by atoms with Gasteiger partial charge in [0, 0.05) is 26.2 Å². The second-order valence-corrected chi connectivity index (χ2v) is 2.88. The Hall–Kier alpha value is -1.14. The fraction of sp³-hybridized carbons (Fsp3) is 0.750. The summed E-state index contributed by atoms with van der Waals surface area (Å²) in [6, 6.07) is 0. The molecule has 0 radical (unpaired) electrons. The zero-order valence-corrected chi connectivity index (χ0v) is 7.90. The topological polar surface area (TPSA) is 67.9 Å². The third kappa shape index (κ3) is 4.20. The van der Waals surface area contributed by atoms with Crippen molar-refractivity contribution >= 4 is 12.6 Å². The lowest BCUT2D eigenvalue weighted by atomic mass is 10.4. The number of carbonyl (C=O) groups excluding carboxylic acids is 2. The Bertz CT molecular complexity index is 192. The number of hydrogen-bond acceptors (Lipinski definition) is 5. The lowest BCUT2D eigenvalue weighted by Crippen LogP contribution is -2.41. The molecule has 0 aromatic heterocycles. The molecule has 0 aromatic rings. The molecule has 1 amide bonds. The first kappa shape index (κ1) is 10.9. The average Bonchev–Trinajstić information content (AvgIpc) is 2.20. The number of rotatable bonds is 4. The summed E-state index contributed by atoms with van der Waals surface area (Å²) in [7, 11) is 0. The van der Waals surface area contributed by atoms with Crippen LogP contribution in [0.3, 0.4) is 0 Å². The van der Waals surface area contributed by atoms with E-state index >= 15 is 0 Å². The van der Waals surface area contributed by atoms with E-state index in [0.717, 1.165) is 32.8 Å². The second-order valence-electron chi connectivity index (χ2n) is 2.88. The first-order valence-corrected chi connectivity index (χ1v) is 4.51. The molecule has 14 heavy (non-hydrogen) atoms. The van der Waals surface area contributed by atoms with Crippen molar-refractivity contribution < 1.29 is 19.1 Å². The van der Waals surface area contributed by atoms with E-state index in [-0.39, 0.29) is 6.47 Å². The quantitative estimate of drug-likeness (QED) is 0.477. The summed E-state index contributed by atoms with van der Waals surface area (Å²) in [5.74, 6) is 0. The number of nitrogens with one attached hydrogen (secondary N) is 1. The van der Waals surface area contributed by atoms with Crippen LogP contribution < -0.4 is 5.32 Å². The zero-order valence-electron chi connectivity index (χ0n) is 7.90. The Kier molecular flexibility index (Phi) is 4.95. The number of ether oxygens (including phenoxy) is 2. The molecule has 0 atom stereocenters. The summed E-state index contributed by atoms with van der Waals surface area (Å²) in [6.45, 7) is 4.57. The van der Waals surface area contributed by atoms with E-state index in [2.05, 4.69) is 15.0 Å². The van der Waals surface area contributed by atoms with Gasteiger partial charge in [-0.3, -0.25) is 9.69 Å².